The number of amides is 1. The van der Waals surface area contributed by atoms with Crippen LogP contribution in [0.2, 0.25) is 0 Å². The predicted octanol–water partition coefficient (Wildman–Crippen LogP) is 3.37. The maximum Gasteiger partial charge on any atom is 0.280 e. The Balaban J connectivity index is 2.03. The third kappa shape index (κ3) is 3.74. The van der Waals surface area contributed by atoms with Gasteiger partial charge in [-0.2, -0.15) is 9.78 Å². The SMILES string of the molecule is CCc1cccc(C)c1NC(=O)c1nn(-c2cccc(C)c2)c(=O)cc1O. The third-order valence-electron chi connectivity index (χ3n) is 4.35. The maximum atomic E-state index is 12.8. The van der Waals surface area contributed by atoms with Crippen molar-refractivity contribution in [2.45, 2.75) is 27.2 Å². The fourth-order valence-electron chi connectivity index (χ4n) is 2.93. The molecule has 0 aliphatic rings. The molecule has 2 aromatic carbocycles. The second kappa shape index (κ2) is 7.45. The van der Waals surface area contributed by atoms with E-state index in [1.54, 1.807) is 18.2 Å². The summed E-state index contributed by atoms with van der Waals surface area (Å²) in [6, 6.07) is 14.0. The summed E-state index contributed by atoms with van der Waals surface area (Å²) in [4.78, 5) is 25.0. The highest BCUT2D eigenvalue weighted by Crippen LogP contribution is 2.23. The van der Waals surface area contributed by atoms with E-state index in [4.69, 9.17) is 0 Å². The number of hydrogen-bond acceptors (Lipinski definition) is 4. The van der Waals surface area contributed by atoms with E-state index in [-0.39, 0.29) is 5.69 Å². The molecule has 1 heterocycles. The molecular weight excluding hydrogens is 342 g/mol. The summed E-state index contributed by atoms with van der Waals surface area (Å²) in [7, 11) is 0. The summed E-state index contributed by atoms with van der Waals surface area (Å²) in [6.45, 7) is 5.79. The van der Waals surface area contributed by atoms with Crippen molar-refractivity contribution in [3.05, 3.63) is 81.3 Å². The number of nitrogens with one attached hydrogen (secondary N) is 1. The molecule has 0 fully saturated rings. The van der Waals surface area contributed by atoms with Gasteiger partial charge >= 0.3 is 0 Å². The molecule has 0 bridgehead atoms. The van der Waals surface area contributed by atoms with Gasteiger partial charge < -0.3 is 10.4 Å². The zero-order valence-electron chi connectivity index (χ0n) is 15.5. The Morgan fingerprint density at radius 3 is 2.59 bits per heavy atom. The number of aromatic nitrogens is 2. The van der Waals surface area contributed by atoms with Crippen LogP contribution in [0.3, 0.4) is 0 Å². The number of rotatable bonds is 4. The van der Waals surface area contributed by atoms with Crippen molar-refractivity contribution < 1.29 is 9.90 Å². The van der Waals surface area contributed by atoms with Crippen molar-refractivity contribution in [2.24, 2.45) is 0 Å². The largest absolute Gasteiger partial charge is 0.505 e. The van der Waals surface area contributed by atoms with Crippen LogP contribution in [0.1, 0.15) is 34.1 Å². The molecule has 138 valence electrons. The molecule has 0 saturated heterocycles. The lowest BCUT2D eigenvalue weighted by Gasteiger charge is -2.14. The standard InChI is InChI=1S/C21H21N3O3/c1-4-15-9-6-8-14(3)19(15)22-21(27)20-17(25)12-18(26)24(23-20)16-10-5-7-13(2)11-16/h5-12,25H,4H2,1-3H3,(H,22,27). The highest BCUT2D eigenvalue weighted by atomic mass is 16.3. The van der Waals surface area contributed by atoms with E-state index < -0.39 is 17.2 Å². The Morgan fingerprint density at radius 1 is 1.15 bits per heavy atom. The smallest absolute Gasteiger partial charge is 0.280 e. The Morgan fingerprint density at radius 2 is 1.89 bits per heavy atom. The molecule has 0 radical (unpaired) electrons. The summed E-state index contributed by atoms with van der Waals surface area (Å²) in [5.41, 5.74) is 3.34. The average Bonchev–Trinajstić information content (AvgIpc) is 2.63. The molecule has 6 heteroatoms. The maximum absolute atomic E-state index is 12.8. The van der Waals surface area contributed by atoms with E-state index in [2.05, 4.69) is 10.4 Å². The van der Waals surface area contributed by atoms with Gasteiger partial charge in [0.1, 0.15) is 0 Å². The van der Waals surface area contributed by atoms with Gasteiger partial charge in [-0.1, -0.05) is 37.3 Å². The average molecular weight is 363 g/mol. The molecule has 0 aliphatic heterocycles. The van der Waals surface area contributed by atoms with Gasteiger partial charge in [-0.05, 0) is 49.1 Å². The molecule has 6 nitrogen and oxygen atoms in total. The number of carbonyl (C=O) groups excluding carboxylic acids is 1. The molecule has 1 amide bonds. The van der Waals surface area contributed by atoms with Crippen molar-refractivity contribution in [2.75, 3.05) is 5.32 Å². The quantitative estimate of drug-likeness (QED) is 0.744. The van der Waals surface area contributed by atoms with Crippen LogP contribution >= 0.6 is 0 Å². The molecule has 1 aromatic heterocycles. The van der Waals surface area contributed by atoms with Crippen LogP contribution in [0.4, 0.5) is 5.69 Å². The fraction of sp³-hybridized carbons (Fsp3) is 0.190. The van der Waals surface area contributed by atoms with Gasteiger partial charge in [0.05, 0.1) is 5.69 Å². The number of aromatic hydroxyl groups is 1. The predicted molar refractivity (Wildman–Crippen MR) is 105 cm³/mol. The van der Waals surface area contributed by atoms with Crippen molar-refractivity contribution in [3.63, 3.8) is 0 Å². The van der Waals surface area contributed by atoms with Crippen molar-refractivity contribution >= 4 is 11.6 Å². The van der Waals surface area contributed by atoms with Gasteiger partial charge in [-0.3, -0.25) is 9.59 Å². The number of carbonyl (C=O) groups is 1. The van der Waals surface area contributed by atoms with E-state index in [9.17, 15) is 14.7 Å². The first kappa shape index (κ1) is 18.4. The molecule has 3 aromatic rings. The molecule has 0 spiro atoms. The number of para-hydroxylation sites is 1. The number of anilines is 1. The number of benzene rings is 2. The second-order valence-electron chi connectivity index (χ2n) is 6.38. The Bertz CT molecular complexity index is 1070. The minimum Gasteiger partial charge on any atom is -0.505 e. The first-order chi connectivity index (χ1) is 12.9. The third-order valence-corrected chi connectivity index (χ3v) is 4.35. The zero-order chi connectivity index (χ0) is 19.6. The van der Waals surface area contributed by atoms with Crippen molar-refractivity contribution in [3.8, 4) is 11.4 Å². The molecule has 2 N–H and O–H groups in total. The van der Waals surface area contributed by atoms with E-state index >= 15 is 0 Å². The van der Waals surface area contributed by atoms with E-state index in [0.29, 0.717) is 11.4 Å². The molecule has 0 atom stereocenters. The minimum absolute atomic E-state index is 0.207. The van der Waals surface area contributed by atoms with Crippen LogP contribution in [0.5, 0.6) is 5.75 Å². The summed E-state index contributed by atoms with van der Waals surface area (Å²) in [6.07, 6.45) is 0.749. The van der Waals surface area contributed by atoms with Crippen molar-refractivity contribution in [1.29, 1.82) is 0 Å². The number of aryl methyl sites for hydroxylation is 3. The summed E-state index contributed by atoms with van der Waals surface area (Å²) in [5, 5.41) is 17.1. The topological polar surface area (TPSA) is 84.2 Å². The van der Waals surface area contributed by atoms with Crippen LogP contribution in [0.25, 0.3) is 5.69 Å². The van der Waals surface area contributed by atoms with E-state index in [1.165, 1.54) is 0 Å². The monoisotopic (exact) mass is 363 g/mol. The lowest BCUT2D eigenvalue weighted by molar-refractivity contribution is 0.101. The van der Waals surface area contributed by atoms with Crippen LogP contribution in [-0.4, -0.2) is 20.8 Å². The van der Waals surface area contributed by atoms with Crippen molar-refractivity contribution in [1.82, 2.24) is 9.78 Å². The first-order valence-corrected chi connectivity index (χ1v) is 8.71. The summed E-state index contributed by atoms with van der Waals surface area (Å²) < 4.78 is 1.11. The second-order valence-corrected chi connectivity index (χ2v) is 6.38. The fourth-order valence-corrected chi connectivity index (χ4v) is 2.93. The van der Waals surface area contributed by atoms with Gasteiger partial charge in [0.15, 0.2) is 11.4 Å². The Labute approximate surface area is 157 Å². The van der Waals surface area contributed by atoms with Crippen LogP contribution < -0.4 is 10.9 Å². The van der Waals surface area contributed by atoms with Gasteiger partial charge in [0, 0.05) is 11.8 Å². The van der Waals surface area contributed by atoms with Gasteiger partial charge in [0.25, 0.3) is 11.5 Å². The molecule has 27 heavy (non-hydrogen) atoms. The highest BCUT2D eigenvalue weighted by Gasteiger charge is 2.18. The summed E-state index contributed by atoms with van der Waals surface area (Å²) in [5.74, 6) is -1.02. The van der Waals surface area contributed by atoms with E-state index in [1.807, 2.05) is 45.0 Å². The van der Waals surface area contributed by atoms with Crippen LogP contribution in [0, 0.1) is 13.8 Å². The van der Waals surface area contributed by atoms with E-state index in [0.717, 1.165) is 33.9 Å². The number of nitrogens with zero attached hydrogens (tertiary/aromatic N) is 2. The highest BCUT2D eigenvalue weighted by molar-refractivity contribution is 6.05. The molecular formula is C21H21N3O3. The normalized spacial score (nSPS) is 10.6. The molecule has 3 rings (SSSR count). The minimum atomic E-state index is -0.571. The Hall–Kier alpha value is -3.41. The lowest BCUT2D eigenvalue weighted by atomic mass is 10.1. The molecule has 0 aliphatic carbocycles. The zero-order valence-corrected chi connectivity index (χ0v) is 15.5. The van der Waals surface area contributed by atoms with Gasteiger partial charge in [0.2, 0.25) is 0 Å². The summed E-state index contributed by atoms with van der Waals surface area (Å²) >= 11 is 0. The van der Waals surface area contributed by atoms with Gasteiger partial charge in [-0.15, -0.1) is 0 Å². The van der Waals surface area contributed by atoms with Gasteiger partial charge in [-0.25, -0.2) is 0 Å². The lowest BCUT2D eigenvalue weighted by Crippen LogP contribution is -2.25. The molecule has 0 saturated carbocycles. The Kier molecular flexibility index (Phi) is 5.07. The van der Waals surface area contributed by atoms with Crippen LogP contribution in [-0.2, 0) is 6.42 Å². The molecule has 0 unspecified atom stereocenters. The number of hydrogen-bond donors (Lipinski definition) is 2. The van der Waals surface area contributed by atoms with Crippen LogP contribution in [0.15, 0.2) is 53.3 Å². The first-order valence-electron chi connectivity index (χ1n) is 8.71.